The van der Waals surface area contributed by atoms with Crippen molar-refractivity contribution in [3.05, 3.63) is 24.9 Å². The number of hydrogen-bond donors (Lipinski definition) is 2. The zero-order valence-electron chi connectivity index (χ0n) is 13.0. The highest BCUT2D eigenvalue weighted by Gasteiger charge is 2.34. The van der Waals surface area contributed by atoms with Crippen molar-refractivity contribution in [2.45, 2.75) is 45.7 Å². The monoisotopic (exact) mass is 281 g/mol. The molecule has 0 fully saturated rings. The van der Waals surface area contributed by atoms with Crippen LogP contribution in [0.2, 0.25) is 0 Å². The van der Waals surface area contributed by atoms with Gasteiger partial charge < -0.3 is 5.32 Å². The lowest BCUT2D eigenvalue weighted by atomic mass is 10.0. The third-order valence-electron chi connectivity index (χ3n) is 2.49. The van der Waals surface area contributed by atoms with Gasteiger partial charge in [-0.2, -0.15) is 10.2 Å². The highest BCUT2D eigenvalue weighted by molar-refractivity contribution is 5.85. The van der Waals surface area contributed by atoms with Crippen molar-refractivity contribution >= 4 is 11.8 Å². The van der Waals surface area contributed by atoms with Crippen LogP contribution in [-0.2, 0) is 9.59 Å². The van der Waals surface area contributed by atoms with E-state index in [1.807, 2.05) is 0 Å². The van der Waals surface area contributed by atoms with E-state index in [2.05, 4.69) is 28.7 Å². The van der Waals surface area contributed by atoms with Gasteiger partial charge in [-0.1, -0.05) is 6.08 Å². The van der Waals surface area contributed by atoms with Gasteiger partial charge in [-0.05, 0) is 34.3 Å². The number of rotatable bonds is 7. The molecule has 0 heterocycles. The van der Waals surface area contributed by atoms with Crippen molar-refractivity contribution in [1.82, 2.24) is 5.32 Å². The number of carbonyl (C=O) groups is 2. The van der Waals surface area contributed by atoms with Crippen molar-refractivity contribution in [3.63, 3.8) is 0 Å². The standard InChI is InChI=1S/C14H24N4O2/c1-8-9-15-11(19)13(4,5)17-18-14(6,7)12(20)16-10(2)3/h8H,1-2,9H2,3-7H3,(H,15,19)(H,16,20)/p+1. The first kappa shape index (κ1) is 18.2. The SMILES string of the molecule is C=CCNC(=O)C(C)(C)N=NC(C)(C)C(=O)[NH2+]C(=C)C. The van der Waals surface area contributed by atoms with Crippen LogP contribution in [0, 0.1) is 0 Å². The molecule has 0 aromatic rings. The van der Waals surface area contributed by atoms with Crippen LogP contribution >= 0.6 is 0 Å². The van der Waals surface area contributed by atoms with Crippen LogP contribution in [0.25, 0.3) is 0 Å². The number of azo groups is 1. The lowest BCUT2D eigenvalue weighted by molar-refractivity contribution is -0.521. The van der Waals surface area contributed by atoms with Crippen LogP contribution in [0.15, 0.2) is 35.2 Å². The first-order valence-electron chi connectivity index (χ1n) is 6.41. The summed E-state index contributed by atoms with van der Waals surface area (Å²) >= 11 is 0. The van der Waals surface area contributed by atoms with Gasteiger partial charge in [0, 0.05) is 13.5 Å². The van der Waals surface area contributed by atoms with Crippen LogP contribution < -0.4 is 10.6 Å². The van der Waals surface area contributed by atoms with Crippen LogP contribution in [0.5, 0.6) is 0 Å². The molecule has 0 bridgehead atoms. The lowest BCUT2D eigenvalue weighted by Crippen LogP contribution is -2.89. The minimum absolute atomic E-state index is 0.198. The van der Waals surface area contributed by atoms with Gasteiger partial charge in [-0.3, -0.25) is 10.1 Å². The fraction of sp³-hybridized carbons (Fsp3) is 0.571. The Bertz CT molecular complexity index is 436. The zero-order valence-corrected chi connectivity index (χ0v) is 13.0. The van der Waals surface area contributed by atoms with Crippen molar-refractivity contribution in [2.24, 2.45) is 10.2 Å². The van der Waals surface area contributed by atoms with Gasteiger partial charge in [0.25, 0.3) is 0 Å². The largest absolute Gasteiger partial charge is 0.350 e. The van der Waals surface area contributed by atoms with Crippen molar-refractivity contribution < 1.29 is 14.9 Å². The Kier molecular flexibility index (Phi) is 6.45. The third kappa shape index (κ3) is 5.88. The Morgan fingerprint density at radius 3 is 2.15 bits per heavy atom. The first-order valence-corrected chi connectivity index (χ1v) is 6.41. The predicted octanol–water partition coefficient (Wildman–Crippen LogP) is 0.922. The van der Waals surface area contributed by atoms with Gasteiger partial charge in [0.1, 0.15) is 5.70 Å². The number of hydrogen-bond acceptors (Lipinski definition) is 4. The molecule has 0 saturated heterocycles. The molecule has 0 saturated carbocycles. The van der Waals surface area contributed by atoms with Gasteiger partial charge in [0.2, 0.25) is 5.91 Å². The quantitative estimate of drug-likeness (QED) is 0.537. The maximum atomic E-state index is 12.0. The maximum Gasteiger partial charge on any atom is 0.344 e. The van der Waals surface area contributed by atoms with Crippen LogP contribution in [0.3, 0.4) is 0 Å². The summed E-state index contributed by atoms with van der Waals surface area (Å²) in [5.41, 5.74) is -1.40. The molecular formula is C14H25N4O2+. The van der Waals surface area contributed by atoms with Gasteiger partial charge in [0.15, 0.2) is 11.1 Å². The molecular weight excluding hydrogens is 256 g/mol. The number of allylic oxidation sites excluding steroid dienone is 1. The Morgan fingerprint density at radius 2 is 1.70 bits per heavy atom. The van der Waals surface area contributed by atoms with Gasteiger partial charge >= 0.3 is 5.91 Å². The van der Waals surface area contributed by atoms with Crippen LogP contribution in [-0.4, -0.2) is 29.4 Å². The zero-order chi connectivity index (χ0) is 16.0. The second-order valence-corrected chi connectivity index (χ2v) is 5.67. The summed E-state index contributed by atoms with van der Waals surface area (Å²) < 4.78 is 0. The van der Waals surface area contributed by atoms with E-state index in [0.717, 1.165) is 0 Å². The number of carbonyl (C=O) groups excluding carboxylic acids is 2. The summed E-state index contributed by atoms with van der Waals surface area (Å²) in [5.74, 6) is -0.468. The van der Waals surface area contributed by atoms with Crippen LogP contribution in [0.4, 0.5) is 0 Å². The Labute approximate surface area is 120 Å². The summed E-state index contributed by atoms with van der Waals surface area (Å²) in [6.45, 7) is 15.9. The average Bonchev–Trinajstić information content (AvgIpc) is 2.32. The second kappa shape index (κ2) is 7.09. The van der Waals surface area contributed by atoms with E-state index in [1.165, 1.54) is 5.32 Å². The molecule has 3 N–H and O–H groups in total. The molecule has 0 aliphatic heterocycles. The number of nitrogens with zero attached hydrogens (tertiary/aromatic N) is 2. The summed E-state index contributed by atoms with van der Waals surface area (Å²) in [7, 11) is 0. The fourth-order valence-electron chi connectivity index (χ4n) is 1.13. The van der Waals surface area contributed by atoms with E-state index < -0.39 is 11.1 Å². The molecule has 0 aromatic heterocycles. The molecule has 0 aromatic carbocycles. The summed E-state index contributed by atoms with van der Waals surface area (Å²) in [6.07, 6.45) is 1.58. The van der Waals surface area contributed by atoms with E-state index in [9.17, 15) is 9.59 Å². The minimum atomic E-state index is -1.04. The van der Waals surface area contributed by atoms with Gasteiger partial charge in [0.05, 0.1) is 0 Å². The molecule has 6 nitrogen and oxygen atoms in total. The molecule has 20 heavy (non-hydrogen) atoms. The molecule has 0 rings (SSSR count). The summed E-state index contributed by atoms with van der Waals surface area (Å²) in [6, 6.07) is 0. The molecule has 6 heteroatoms. The normalized spacial score (nSPS) is 12.2. The molecule has 0 aliphatic rings. The topological polar surface area (TPSA) is 87.5 Å². The fourth-order valence-corrected chi connectivity index (χ4v) is 1.13. The number of primary amides is 1. The van der Waals surface area contributed by atoms with Crippen molar-refractivity contribution in [2.75, 3.05) is 6.54 Å². The van der Waals surface area contributed by atoms with E-state index >= 15 is 0 Å². The van der Waals surface area contributed by atoms with Crippen molar-refractivity contribution in [1.29, 1.82) is 0 Å². The average molecular weight is 281 g/mol. The summed E-state index contributed by atoms with van der Waals surface area (Å²) in [4.78, 5) is 23.8. The highest BCUT2D eigenvalue weighted by atomic mass is 16.2. The molecule has 2 amide bonds. The number of nitrogens with two attached hydrogens (primary N) is 1. The predicted molar refractivity (Wildman–Crippen MR) is 78.0 cm³/mol. The van der Waals surface area contributed by atoms with E-state index in [-0.39, 0.29) is 11.8 Å². The Hall–Kier alpha value is -1.82. The number of nitrogens with one attached hydrogen (secondary N) is 1. The molecule has 0 atom stereocenters. The number of amides is 2. The lowest BCUT2D eigenvalue weighted by Gasteiger charge is -2.20. The molecule has 0 aliphatic carbocycles. The van der Waals surface area contributed by atoms with E-state index in [0.29, 0.717) is 12.2 Å². The minimum Gasteiger partial charge on any atom is -0.350 e. The Balaban J connectivity index is 4.89. The smallest absolute Gasteiger partial charge is 0.344 e. The highest BCUT2D eigenvalue weighted by Crippen LogP contribution is 2.15. The van der Waals surface area contributed by atoms with Gasteiger partial charge in [-0.25, -0.2) is 4.79 Å². The van der Waals surface area contributed by atoms with E-state index in [1.54, 1.807) is 40.7 Å². The molecule has 0 spiro atoms. The molecule has 0 unspecified atom stereocenters. The first-order chi connectivity index (χ1) is 9.03. The Morgan fingerprint density at radius 1 is 1.20 bits per heavy atom. The van der Waals surface area contributed by atoms with Gasteiger partial charge in [-0.15, -0.1) is 6.58 Å². The third-order valence-corrected chi connectivity index (χ3v) is 2.49. The van der Waals surface area contributed by atoms with E-state index in [4.69, 9.17) is 0 Å². The summed E-state index contributed by atoms with van der Waals surface area (Å²) in [5, 5.41) is 12.1. The molecule has 112 valence electrons. The maximum absolute atomic E-state index is 12.0. The van der Waals surface area contributed by atoms with Crippen molar-refractivity contribution in [3.8, 4) is 0 Å². The van der Waals surface area contributed by atoms with Crippen LogP contribution in [0.1, 0.15) is 34.6 Å². The second-order valence-electron chi connectivity index (χ2n) is 5.67. The number of quaternary nitrogens is 1. The molecule has 0 radical (unpaired) electrons.